The van der Waals surface area contributed by atoms with E-state index in [-0.39, 0.29) is 5.97 Å². The van der Waals surface area contributed by atoms with Crippen LogP contribution in [0.2, 0.25) is 0 Å². The Morgan fingerprint density at radius 1 is 0.875 bits per heavy atom. The highest BCUT2D eigenvalue weighted by Crippen LogP contribution is 2.32. The molecule has 0 amide bonds. The predicted octanol–water partition coefficient (Wildman–Crippen LogP) is 7.37. The number of hydrogen-bond donors (Lipinski definition) is 0. The van der Waals surface area contributed by atoms with Crippen LogP contribution in [0.25, 0.3) is 0 Å². The zero-order valence-corrected chi connectivity index (χ0v) is 19.7. The predicted molar refractivity (Wildman–Crippen MR) is 130 cm³/mol. The van der Waals surface area contributed by atoms with E-state index in [0.717, 1.165) is 56.9 Å². The zero-order chi connectivity index (χ0) is 22.7. The number of ether oxygens (including phenoxy) is 3. The molecule has 176 valence electrons. The molecule has 0 aromatic heterocycles. The average Bonchev–Trinajstić information content (AvgIpc) is 2.82. The highest BCUT2D eigenvalue weighted by Gasteiger charge is 2.41. The molecular weight excluding hydrogens is 400 g/mol. The Hall–Kier alpha value is -2.17. The van der Waals surface area contributed by atoms with Crippen molar-refractivity contribution in [3.05, 3.63) is 72.4 Å². The highest BCUT2D eigenvalue weighted by molar-refractivity contribution is 5.69. The van der Waals surface area contributed by atoms with Crippen molar-refractivity contribution in [3.8, 4) is 0 Å². The van der Waals surface area contributed by atoms with Crippen LogP contribution in [0.15, 0.2) is 66.8 Å². The fourth-order valence-corrected chi connectivity index (χ4v) is 3.53. The summed E-state index contributed by atoms with van der Waals surface area (Å²) in [5, 5.41) is 0. The maximum atomic E-state index is 12.4. The summed E-state index contributed by atoms with van der Waals surface area (Å²) in [4.78, 5) is 12.4. The van der Waals surface area contributed by atoms with Crippen molar-refractivity contribution in [1.82, 2.24) is 0 Å². The van der Waals surface area contributed by atoms with Gasteiger partial charge in [0.05, 0.1) is 18.8 Å². The molecule has 0 radical (unpaired) electrons. The van der Waals surface area contributed by atoms with Gasteiger partial charge in [-0.2, -0.15) is 0 Å². The zero-order valence-electron chi connectivity index (χ0n) is 19.7. The van der Waals surface area contributed by atoms with E-state index in [1.54, 1.807) is 0 Å². The Morgan fingerprint density at radius 3 is 2.22 bits per heavy atom. The third-order valence-electron chi connectivity index (χ3n) is 5.28. The van der Waals surface area contributed by atoms with Crippen molar-refractivity contribution in [2.75, 3.05) is 13.2 Å². The van der Waals surface area contributed by atoms with E-state index in [4.69, 9.17) is 14.2 Å². The summed E-state index contributed by atoms with van der Waals surface area (Å²) in [6.45, 7) is 3.19. The van der Waals surface area contributed by atoms with Gasteiger partial charge in [-0.25, -0.2) is 0 Å². The number of carbonyl (C=O) groups is 1. The third-order valence-corrected chi connectivity index (χ3v) is 5.28. The van der Waals surface area contributed by atoms with Crippen LogP contribution >= 0.6 is 0 Å². The molecule has 1 aliphatic heterocycles. The Kier molecular flexibility index (Phi) is 13.4. The van der Waals surface area contributed by atoms with Gasteiger partial charge in [0.1, 0.15) is 0 Å². The van der Waals surface area contributed by atoms with Crippen molar-refractivity contribution in [3.63, 3.8) is 0 Å². The summed E-state index contributed by atoms with van der Waals surface area (Å²) in [7, 11) is 0. The van der Waals surface area contributed by atoms with Crippen LogP contribution in [0, 0.1) is 0 Å². The first-order valence-electron chi connectivity index (χ1n) is 12.3. The molecule has 0 unspecified atom stereocenters. The average molecular weight is 441 g/mol. The fraction of sp³-hybridized carbons (Fsp3) is 0.536. The number of unbranched alkanes of at least 4 members (excludes halogenated alkanes) is 5. The fourth-order valence-electron chi connectivity index (χ4n) is 3.53. The van der Waals surface area contributed by atoms with Gasteiger partial charge in [0.25, 0.3) is 0 Å². The number of benzene rings is 1. The van der Waals surface area contributed by atoms with Crippen LogP contribution < -0.4 is 0 Å². The Morgan fingerprint density at radius 2 is 1.50 bits per heavy atom. The molecular formula is C28H40O4. The van der Waals surface area contributed by atoms with E-state index in [9.17, 15) is 4.79 Å². The first kappa shape index (κ1) is 26.1. The molecule has 1 heterocycles. The monoisotopic (exact) mass is 440 g/mol. The Labute approximate surface area is 194 Å². The lowest BCUT2D eigenvalue weighted by Crippen LogP contribution is -2.42. The van der Waals surface area contributed by atoms with Crippen LogP contribution in [0.4, 0.5) is 0 Å². The number of esters is 1. The van der Waals surface area contributed by atoms with Crippen LogP contribution in [0.3, 0.4) is 0 Å². The van der Waals surface area contributed by atoms with Gasteiger partial charge in [0.15, 0.2) is 0 Å². The molecule has 0 spiro atoms. The Bertz CT molecular complexity index is 699. The standard InChI is InChI=1S/C28H40O4/c1-2-3-4-5-6-7-8-9-10-11-12-13-14-15-19-23-27(29)32-28(30-24-20-25-31-28)26-21-17-16-18-22-26/h3-4,6-7,9-10,16-18,21-22H,2,5,8,11-15,19-20,23-25H2,1H3/b4-3+,7-6+,10-9+. The minimum absolute atomic E-state index is 0.267. The molecule has 1 aliphatic rings. The quantitative estimate of drug-likeness (QED) is 0.162. The lowest BCUT2D eigenvalue weighted by molar-refractivity contribution is -0.394. The minimum atomic E-state index is -1.38. The molecule has 1 aromatic carbocycles. The number of allylic oxidation sites excluding steroid dienone is 6. The van der Waals surface area contributed by atoms with Gasteiger partial charge in [-0.3, -0.25) is 4.79 Å². The molecule has 4 nitrogen and oxygen atoms in total. The van der Waals surface area contributed by atoms with E-state index in [0.29, 0.717) is 19.6 Å². The van der Waals surface area contributed by atoms with E-state index < -0.39 is 5.97 Å². The first-order chi connectivity index (χ1) is 15.8. The number of carbonyl (C=O) groups excluding carboxylic acids is 1. The van der Waals surface area contributed by atoms with E-state index in [1.807, 2.05) is 30.3 Å². The maximum absolute atomic E-state index is 12.4. The van der Waals surface area contributed by atoms with Gasteiger partial charge >= 0.3 is 11.9 Å². The summed E-state index contributed by atoms with van der Waals surface area (Å²) in [6.07, 6.45) is 24.2. The van der Waals surface area contributed by atoms with Gasteiger partial charge in [-0.05, 0) is 57.1 Å². The van der Waals surface area contributed by atoms with E-state index in [2.05, 4.69) is 43.4 Å². The molecule has 0 saturated carbocycles. The van der Waals surface area contributed by atoms with Gasteiger partial charge in [0, 0.05) is 6.42 Å². The normalized spacial score (nSPS) is 16.3. The molecule has 32 heavy (non-hydrogen) atoms. The van der Waals surface area contributed by atoms with E-state index >= 15 is 0 Å². The summed E-state index contributed by atoms with van der Waals surface area (Å²) >= 11 is 0. The second kappa shape index (κ2) is 16.5. The lowest BCUT2D eigenvalue weighted by Gasteiger charge is -2.35. The molecule has 2 rings (SSSR count). The molecule has 0 bridgehead atoms. The molecule has 1 saturated heterocycles. The van der Waals surface area contributed by atoms with Crippen LogP contribution in [-0.4, -0.2) is 19.2 Å². The van der Waals surface area contributed by atoms with Crippen molar-refractivity contribution < 1.29 is 19.0 Å². The summed E-state index contributed by atoms with van der Waals surface area (Å²) < 4.78 is 17.2. The molecule has 4 heteroatoms. The van der Waals surface area contributed by atoms with Crippen molar-refractivity contribution >= 4 is 5.97 Å². The van der Waals surface area contributed by atoms with Gasteiger partial charge in [-0.15, -0.1) is 0 Å². The van der Waals surface area contributed by atoms with Gasteiger partial charge in [0.2, 0.25) is 0 Å². The van der Waals surface area contributed by atoms with Gasteiger partial charge in [-0.1, -0.05) is 80.8 Å². The summed E-state index contributed by atoms with van der Waals surface area (Å²) in [5.41, 5.74) is 0.727. The summed E-state index contributed by atoms with van der Waals surface area (Å²) in [5.74, 6) is -1.65. The van der Waals surface area contributed by atoms with Crippen LogP contribution in [-0.2, 0) is 25.0 Å². The van der Waals surface area contributed by atoms with Crippen LogP contribution in [0.1, 0.15) is 83.1 Å². The van der Waals surface area contributed by atoms with Crippen LogP contribution in [0.5, 0.6) is 0 Å². The molecule has 1 aromatic rings. The first-order valence-corrected chi connectivity index (χ1v) is 12.3. The topological polar surface area (TPSA) is 44.8 Å². The van der Waals surface area contributed by atoms with Crippen molar-refractivity contribution in [2.24, 2.45) is 0 Å². The van der Waals surface area contributed by atoms with Crippen molar-refractivity contribution in [1.29, 1.82) is 0 Å². The largest absolute Gasteiger partial charge is 0.404 e. The smallest absolute Gasteiger partial charge is 0.358 e. The second-order valence-corrected chi connectivity index (χ2v) is 8.05. The Balaban J connectivity index is 1.54. The maximum Gasteiger partial charge on any atom is 0.358 e. The van der Waals surface area contributed by atoms with Crippen molar-refractivity contribution in [2.45, 2.75) is 83.5 Å². The highest BCUT2D eigenvalue weighted by atomic mass is 16.9. The third kappa shape index (κ3) is 10.4. The molecule has 1 fully saturated rings. The van der Waals surface area contributed by atoms with E-state index in [1.165, 1.54) is 12.8 Å². The lowest BCUT2D eigenvalue weighted by atomic mass is 10.1. The molecule has 0 N–H and O–H groups in total. The second-order valence-electron chi connectivity index (χ2n) is 8.05. The van der Waals surface area contributed by atoms with Gasteiger partial charge < -0.3 is 14.2 Å². The molecule has 0 atom stereocenters. The molecule has 0 aliphatic carbocycles. The minimum Gasteiger partial charge on any atom is -0.404 e. The number of hydrogen-bond acceptors (Lipinski definition) is 4. The summed E-state index contributed by atoms with van der Waals surface area (Å²) in [6, 6.07) is 9.44. The SMILES string of the molecule is CC/C=C/C/C=C/C/C=C/CCCCCCCC(=O)OC1(c2ccccc2)OCCCO1. The number of rotatable bonds is 15.